The van der Waals surface area contributed by atoms with Crippen molar-refractivity contribution in [1.82, 2.24) is 0 Å². The minimum absolute atomic E-state index is 0.0615. The normalized spacial score (nSPS) is 20.5. The Morgan fingerprint density at radius 1 is 1.33 bits per heavy atom. The predicted octanol–water partition coefficient (Wildman–Crippen LogP) is 1.45. The highest BCUT2D eigenvalue weighted by Gasteiger charge is 2.40. The third-order valence-corrected chi connectivity index (χ3v) is 5.07. The Balaban J connectivity index is 2.73. The number of carbonyl (C=O) groups is 1. The molecule has 1 N–H and O–H groups in total. The molecule has 0 fully saturated rings. The van der Waals surface area contributed by atoms with Gasteiger partial charge in [-0.15, -0.1) is 0 Å². The van der Waals surface area contributed by atoms with E-state index in [4.69, 9.17) is 4.74 Å². The maximum Gasteiger partial charge on any atom is 0.231 e. The van der Waals surface area contributed by atoms with Gasteiger partial charge < -0.3 is 10.1 Å². The van der Waals surface area contributed by atoms with Gasteiger partial charge in [-0.25, -0.2) is 8.42 Å². The van der Waals surface area contributed by atoms with Gasteiger partial charge in [0.1, 0.15) is 10.6 Å². The largest absolute Gasteiger partial charge is 0.495 e. The van der Waals surface area contributed by atoms with Crippen LogP contribution in [0.4, 0.5) is 5.69 Å². The van der Waals surface area contributed by atoms with Crippen molar-refractivity contribution in [2.45, 2.75) is 18.7 Å². The van der Waals surface area contributed by atoms with Crippen LogP contribution in [0, 0.1) is 5.41 Å². The topological polar surface area (TPSA) is 72.5 Å². The van der Waals surface area contributed by atoms with Gasteiger partial charge in [0.05, 0.1) is 24.0 Å². The fourth-order valence-corrected chi connectivity index (χ4v) is 4.14. The minimum Gasteiger partial charge on any atom is -0.495 e. The second-order valence-corrected chi connectivity index (χ2v) is 6.86. The Morgan fingerprint density at radius 3 is 2.61 bits per heavy atom. The summed E-state index contributed by atoms with van der Waals surface area (Å²) in [5.41, 5.74) is -0.687. The Bertz CT molecular complexity index is 605. The number of anilines is 1. The van der Waals surface area contributed by atoms with Gasteiger partial charge in [0.15, 0.2) is 9.84 Å². The van der Waals surface area contributed by atoms with E-state index in [2.05, 4.69) is 5.32 Å². The Morgan fingerprint density at radius 2 is 2.00 bits per heavy atom. The first-order chi connectivity index (χ1) is 8.28. The number of amides is 1. The number of ether oxygens (including phenoxy) is 1. The fraction of sp³-hybridized carbons (Fsp3) is 0.417. The maximum atomic E-state index is 12.4. The molecular weight excluding hydrogens is 254 g/mol. The van der Waals surface area contributed by atoms with Crippen LogP contribution >= 0.6 is 0 Å². The summed E-state index contributed by atoms with van der Waals surface area (Å²) in [5, 5.41) is 2.64. The molecule has 0 saturated carbocycles. The van der Waals surface area contributed by atoms with E-state index in [1.807, 2.05) is 0 Å². The van der Waals surface area contributed by atoms with Gasteiger partial charge in [-0.3, -0.25) is 4.79 Å². The summed E-state index contributed by atoms with van der Waals surface area (Å²) in [6, 6.07) is 4.78. The SMILES string of the molecule is COc1cccc2c1S(=O)(=O)CC(C)(C)C(=O)N2. The van der Waals surface area contributed by atoms with E-state index >= 15 is 0 Å². The first kappa shape index (κ1) is 12.9. The smallest absolute Gasteiger partial charge is 0.231 e. The fourth-order valence-electron chi connectivity index (χ4n) is 2.00. The van der Waals surface area contributed by atoms with Gasteiger partial charge in [-0.1, -0.05) is 19.9 Å². The van der Waals surface area contributed by atoms with Crippen LogP contribution in [0.2, 0.25) is 0 Å². The van der Waals surface area contributed by atoms with Crippen molar-refractivity contribution >= 4 is 21.4 Å². The van der Waals surface area contributed by atoms with Crippen molar-refractivity contribution < 1.29 is 17.9 Å². The van der Waals surface area contributed by atoms with Crippen LogP contribution in [-0.2, 0) is 14.6 Å². The lowest BCUT2D eigenvalue weighted by molar-refractivity contribution is -0.122. The van der Waals surface area contributed by atoms with E-state index < -0.39 is 15.3 Å². The first-order valence-corrected chi connectivity index (χ1v) is 7.14. The molecule has 0 atom stereocenters. The van der Waals surface area contributed by atoms with E-state index in [1.54, 1.807) is 32.0 Å². The van der Waals surface area contributed by atoms with Crippen LogP contribution in [0.25, 0.3) is 0 Å². The molecule has 0 spiro atoms. The van der Waals surface area contributed by atoms with Crippen LogP contribution in [0.5, 0.6) is 5.75 Å². The number of sulfone groups is 1. The maximum absolute atomic E-state index is 12.4. The lowest BCUT2D eigenvalue weighted by atomic mass is 9.95. The monoisotopic (exact) mass is 269 g/mol. The average Bonchev–Trinajstić information content (AvgIpc) is 2.32. The molecule has 6 heteroatoms. The molecule has 0 aliphatic carbocycles. The molecule has 1 aliphatic rings. The number of fused-ring (bicyclic) bond motifs is 1. The van der Waals surface area contributed by atoms with E-state index in [9.17, 15) is 13.2 Å². The second kappa shape index (κ2) is 3.98. The van der Waals surface area contributed by atoms with Gasteiger partial charge in [0.2, 0.25) is 5.91 Å². The third-order valence-electron chi connectivity index (χ3n) is 2.92. The zero-order valence-electron chi connectivity index (χ0n) is 10.5. The molecule has 1 aliphatic heterocycles. The standard InChI is InChI=1S/C12H15NO4S/c1-12(2)7-18(15,16)10-8(13-11(12)14)5-4-6-9(10)17-3/h4-6H,7H2,1-3H3,(H,13,14). The summed E-state index contributed by atoms with van der Waals surface area (Å²) >= 11 is 0. The molecule has 0 bridgehead atoms. The molecule has 1 aromatic carbocycles. The van der Waals surface area contributed by atoms with Crippen LogP contribution in [0.15, 0.2) is 23.1 Å². The number of hydrogen-bond donors (Lipinski definition) is 1. The molecule has 0 saturated heterocycles. The van der Waals surface area contributed by atoms with Crippen molar-refractivity contribution in [1.29, 1.82) is 0 Å². The van der Waals surface area contributed by atoms with E-state index in [1.165, 1.54) is 7.11 Å². The highest BCUT2D eigenvalue weighted by atomic mass is 32.2. The van der Waals surface area contributed by atoms with Crippen molar-refractivity contribution in [3.63, 3.8) is 0 Å². The Hall–Kier alpha value is -1.56. The molecule has 0 unspecified atom stereocenters. The van der Waals surface area contributed by atoms with Gasteiger partial charge in [0, 0.05) is 0 Å². The number of benzene rings is 1. The third kappa shape index (κ3) is 1.96. The van der Waals surface area contributed by atoms with Crippen LogP contribution < -0.4 is 10.1 Å². The van der Waals surface area contributed by atoms with Crippen LogP contribution in [-0.4, -0.2) is 27.2 Å². The highest BCUT2D eigenvalue weighted by Crippen LogP contribution is 2.38. The van der Waals surface area contributed by atoms with Crippen molar-refractivity contribution in [2.24, 2.45) is 5.41 Å². The average molecular weight is 269 g/mol. The molecule has 0 aromatic heterocycles. The Kier molecular flexibility index (Phi) is 2.85. The van der Waals surface area contributed by atoms with Gasteiger partial charge in [0.25, 0.3) is 0 Å². The molecule has 1 amide bonds. The lowest BCUT2D eigenvalue weighted by Crippen LogP contribution is -2.34. The highest BCUT2D eigenvalue weighted by molar-refractivity contribution is 7.91. The summed E-state index contributed by atoms with van der Waals surface area (Å²) in [5.74, 6) is -0.289. The quantitative estimate of drug-likeness (QED) is 0.837. The lowest BCUT2D eigenvalue weighted by Gasteiger charge is -2.18. The molecule has 1 aromatic rings. The molecule has 1 heterocycles. The molecule has 0 radical (unpaired) electrons. The molecule has 2 rings (SSSR count). The summed E-state index contributed by atoms with van der Waals surface area (Å²) in [4.78, 5) is 12.0. The zero-order valence-corrected chi connectivity index (χ0v) is 11.3. The summed E-state index contributed by atoms with van der Waals surface area (Å²) < 4.78 is 29.8. The summed E-state index contributed by atoms with van der Waals surface area (Å²) in [7, 11) is -2.16. The number of rotatable bonds is 1. The summed E-state index contributed by atoms with van der Waals surface area (Å²) in [6.45, 7) is 3.22. The van der Waals surface area contributed by atoms with Crippen molar-refractivity contribution in [2.75, 3.05) is 18.2 Å². The van der Waals surface area contributed by atoms with E-state index in [-0.39, 0.29) is 28.0 Å². The zero-order chi connectivity index (χ0) is 13.6. The molecule has 98 valence electrons. The molecular formula is C12H15NO4S. The predicted molar refractivity (Wildman–Crippen MR) is 67.5 cm³/mol. The Labute approximate surface area is 106 Å². The number of carbonyl (C=O) groups excluding carboxylic acids is 1. The molecule has 18 heavy (non-hydrogen) atoms. The van der Waals surface area contributed by atoms with E-state index in [0.29, 0.717) is 0 Å². The van der Waals surface area contributed by atoms with Crippen molar-refractivity contribution in [3.05, 3.63) is 18.2 Å². The minimum atomic E-state index is -3.57. The van der Waals surface area contributed by atoms with Gasteiger partial charge in [-0.05, 0) is 12.1 Å². The molecule has 5 nitrogen and oxygen atoms in total. The second-order valence-electron chi connectivity index (χ2n) is 4.93. The van der Waals surface area contributed by atoms with Crippen molar-refractivity contribution in [3.8, 4) is 5.75 Å². The number of methoxy groups -OCH3 is 1. The van der Waals surface area contributed by atoms with E-state index in [0.717, 1.165) is 0 Å². The first-order valence-electron chi connectivity index (χ1n) is 5.49. The van der Waals surface area contributed by atoms with Crippen LogP contribution in [0.3, 0.4) is 0 Å². The number of nitrogens with one attached hydrogen (secondary N) is 1. The summed E-state index contributed by atoms with van der Waals surface area (Å²) in [6.07, 6.45) is 0. The van der Waals surface area contributed by atoms with Gasteiger partial charge >= 0.3 is 0 Å². The number of hydrogen-bond acceptors (Lipinski definition) is 4. The van der Waals surface area contributed by atoms with Gasteiger partial charge in [-0.2, -0.15) is 0 Å². The van der Waals surface area contributed by atoms with Crippen LogP contribution in [0.1, 0.15) is 13.8 Å².